The van der Waals surface area contributed by atoms with Crippen molar-refractivity contribution in [2.45, 2.75) is 20.1 Å². The Labute approximate surface area is 157 Å². The molecule has 138 valence electrons. The third kappa shape index (κ3) is 3.36. The molecule has 0 bridgehead atoms. The first kappa shape index (κ1) is 17.1. The summed E-state index contributed by atoms with van der Waals surface area (Å²) in [7, 11) is 1.57. The number of para-hydroxylation sites is 1. The zero-order valence-corrected chi connectivity index (χ0v) is 15.3. The lowest BCUT2D eigenvalue weighted by molar-refractivity contribution is 0.0961. The third-order valence-corrected chi connectivity index (χ3v) is 4.47. The molecule has 0 radical (unpaired) electrons. The molecule has 0 saturated carbocycles. The van der Waals surface area contributed by atoms with Crippen LogP contribution in [0.2, 0.25) is 0 Å². The van der Waals surface area contributed by atoms with Crippen molar-refractivity contribution in [2.75, 3.05) is 18.6 Å². The summed E-state index contributed by atoms with van der Waals surface area (Å²) < 4.78 is 12.7. The molecule has 0 atom stereocenters. The highest BCUT2D eigenvalue weighted by atomic mass is 16.5. The maximum Gasteiger partial charge on any atom is 0.277 e. The predicted octanol–water partition coefficient (Wildman–Crippen LogP) is 2.83. The second kappa shape index (κ2) is 7.11. The fourth-order valence-electron chi connectivity index (χ4n) is 3.07. The minimum atomic E-state index is -0.127. The number of methoxy groups -OCH3 is 1. The van der Waals surface area contributed by atoms with Crippen molar-refractivity contribution in [3.63, 3.8) is 0 Å². The molecule has 0 spiro atoms. The van der Waals surface area contributed by atoms with Crippen LogP contribution < -0.4 is 14.4 Å². The van der Waals surface area contributed by atoms with Crippen molar-refractivity contribution in [1.82, 2.24) is 14.8 Å². The number of carbonyl (C=O) groups excluding carboxylic acids is 1. The third-order valence-electron chi connectivity index (χ3n) is 4.47. The lowest BCUT2D eigenvalue weighted by atomic mass is 10.2. The van der Waals surface area contributed by atoms with Gasteiger partial charge in [0.25, 0.3) is 5.91 Å². The molecular formula is C20H20N4O3. The second-order valence-electron chi connectivity index (χ2n) is 6.30. The van der Waals surface area contributed by atoms with Crippen molar-refractivity contribution < 1.29 is 14.3 Å². The number of aryl methyl sites for hydroxylation is 1. The van der Waals surface area contributed by atoms with Crippen LogP contribution in [-0.4, -0.2) is 34.3 Å². The average Bonchev–Trinajstić information content (AvgIpc) is 3.12. The van der Waals surface area contributed by atoms with E-state index in [-0.39, 0.29) is 5.91 Å². The molecule has 7 nitrogen and oxygen atoms in total. The first-order valence-electron chi connectivity index (χ1n) is 8.74. The smallest absolute Gasteiger partial charge is 0.277 e. The van der Waals surface area contributed by atoms with Gasteiger partial charge in [-0.25, -0.2) is 0 Å². The monoisotopic (exact) mass is 364 g/mol. The van der Waals surface area contributed by atoms with Crippen molar-refractivity contribution >= 4 is 11.7 Å². The summed E-state index contributed by atoms with van der Waals surface area (Å²) >= 11 is 0. The topological polar surface area (TPSA) is 69.5 Å². The van der Waals surface area contributed by atoms with Crippen LogP contribution in [0, 0.1) is 6.92 Å². The van der Waals surface area contributed by atoms with Crippen LogP contribution in [0.4, 0.5) is 5.82 Å². The fraction of sp³-hybridized carbons (Fsp3) is 0.250. The summed E-state index contributed by atoms with van der Waals surface area (Å²) in [5.41, 5.74) is 2.18. The molecule has 4 rings (SSSR count). The Morgan fingerprint density at radius 3 is 2.70 bits per heavy atom. The quantitative estimate of drug-likeness (QED) is 0.696. The van der Waals surface area contributed by atoms with Gasteiger partial charge in [0, 0.05) is 12.1 Å². The molecule has 0 fully saturated rings. The summed E-state index contributed by atoms with van der Waals surface area (Å²) in [4.78, 5) is 19.0. The number of rotatable bonds is 5. The molecule has 1 aromatic carbocycles. The van der Waals surface area contributed by atoms with Gasteiger partial charge in [0.2, 0.25) is 5.88 Å². The van der Waals surface area contributed by atoms with Crippen molar-refractivity contribution in [3.8, 4) is 11.6 Å². The number of ether oxygens (including phenoxy) is 2. The van der Waals surface area contributed by atoms with E-state index in [4.69, 9.17) is 9.47 Å². The Balaban J connectivity index is 1.53. The normalized spacial score (nSPS) is 13.4. The number of hydrogen-bond donors (Lipinski definition) is 0. The van der Waals surface area contributed by atoms with Crippen molar-refractivity contribution in [3.05, 3.63) is 65.5 Å². The van der Waals surface area contributed by atoms with E-state index in [2.05, 4.69) is 10.1 Å². The molecule has 0 aliphatic carbocycles. The number of amides is 1. The number of fused-ring (bicyclic) bond motifs is 1. The van der Waals surface area contributed by atoms with Crippen LogP contribution in [0.25, 0.3) is 0 Å². The molecule has 3 heterocycles. The van der Waals surface area contributed by atoms with Gasteiger partial charge in [-0.05, 0) is 31.2 Å². The van der Waals surface area contributed by atoms with Crippen LogP contribution in [0.5, 0.6) is 11.6 Å². The Bertz CT molecular complexity index is 969. The first-order chi connectivity index (χ1) is 13.2. The Morgan fingerprint density at radius 2 is 1.93 bits per heavy atom. The molecule has 1 aliphatic heterocycles. The maximum atomic E-state index is 12.9. The molecular weight excluding hydrogens is 344 g/mol. The van der Waals surface area contributed by atoms with Gasteiger partial charge >= 0.3 is 0 Å². The van der Waals surface area contributed by atoms with E-state index in [9.17, 15) is 4.79 Å². The molecule has 0 unspecified atom stereocenters. The van der Waals surface area contributed by atoms with Gasteiger partial charge in [0.05, 0.1) is 13.7 Å². The number of anilines is 1. The van der Waals surface area contributed by atoms with E-state index in [1.165, 1.54) is 0 Å². The molecule has 7 heteroatoms. The number of nitrogens with zero attached hydrogens (tertiary/aromatic N) is 4. The average molecular weight is 364 g/mol. The zero-order valence-electron chi connectivity index (χ0n) is 15.3. The van der Waals surface area contributed by atoms with E-state index in [1.54, 1.807) is 22.8 Å². The second-order valence-corrected chi connectivity index (χ2v) is 6.30. The Kier molecular flexibility index (Phi) is 4.50. The highest BCUT2D eigenvalue weighted by Crippen LogP contribution is 2.24. The number of carbonyl (C=O) groups is 1. The summed E-state index contributed by atoms with van der Waals surface area (Å²) in [6, 6.07) is 15.1. The molecule has 3 aromatic rings. The van der Waals surface area contributed by atoms with E-state index >= 15 is 0 Å². The first-order valence-corrected chi connectivity index (χ1v) is 8.74. The van der Waals surface area contributed by atoms with Gasteiger partial charge in [-0.1, -0.05) is 24.3 Å². The van der Waals surface area contributed by atoms with E-state index in [0.717, 1.165) is 17.0 Å². The van der Waals surface area contributed by atoms with Crippen LogP contribution in [0.1, 0.15) is 21.7 Å². The van der Waals surface area contributed by atoms with Gasteiger partial charge in [0.15, 0.2) is 0 Å². The summed E-state index contributed by atoms with van der Waals surface area (Å²) in [6.45, 7) is 3.34. The zero-order chi connectivity index (χ0) is 18.8. The largest absolute Gasteiger partial charge is 0.487 e. The molecule has 27 heavy (non-hydrogen) atoms. The van der Waals surface area contributed by atoms with Gasteiger partial charge in [-0.3, -0.25) is 14.4 Å². The van der Waals surface area contributed by atoms with Gasteiger partial charge in [0.1, 0.15) is 29.6 Å². The minimum absolute atomic E-state index is 0.127. The van der Waals surface area contributed by atoms with Crippen LogP contribution in [0.3, 0.4) is 0 Å². The SMILES string of the molecule is COc1nc(N2CCn3nc(COc4ccccc4)cc3C2=O)ccc1C. The molecule has 1 aliphatic rings. The van der Waals surface area contributed by atoms with Crippen molar-refractivity contribution in [1.29, 1.82) is 0 Å². The molecule has 0 N–H and O–H groups in total. The molecule has 1 amide bonds. The van der Waals surface area contributed by atoms with Crippen LogP contribution in [0.15, 0.2) is 48.5 Å². The van der Waals surface area contributed by atoms with E-state index in [1.807, 2.05) is 49.4 Å². The van der Waals surface area contributed by atoms with Gasteiger partial charge in [-0.15, -0.1) is 0 Å². The molecule has 2 aromatic heterocycles. The van der Waals surface area contributed by atoms with Gasteiger partial charge < -0.3 is 9.47 Å². The maximum absolute atomic E-state index is 12.9. The van der Waals surface area contributed by atoms with E-state index in [0.29, 0.717) is 37.1 Å². The Hall–Kier alpha value is -3.35. The minimum Gasteiger partial charge on any atom is -0.487 e. The summed E-state index contributed by atoms with van der Waals surface area (Å²) in [6.07, 6.45) is 0. The van der Waals surface area contributed by atoms with Gasteiger partial charge in [-0.2, -0.15) is 10.1 Å². The lowest BCUT2D eigenvalue weighted by Crippen LogP contribution is -2.41. The summed E-state index contributed by atoms with van der Waals surface area (Å²) in [5, 5.41) is 4.49. The highest BCUT2D eigenvalue weighted by Gasteiger charge is 2.28. The van der Waals surface area contributed by atoms with Crippen LogP contribution >= 0.6 is 0 Å². The highest BCUT2D eigenvalue weighted by molar-refractivity contribution is 6.05. The number of aromatic nitrogens is 3. The fourth-order valence-corrected chi connectivity index (χ4v) is 3.07. The Morgan fingerprint density at radius 1 is 1.11 bits per heavy atom. The summed E-state index contributed by atoms with van der Waals surface area (Å²) in [5.74, 6) is 1.75. The lowest BCUT2D eigenvalue weighted by Gasteiger charge is -2.26. The van der Waals surface area contributed by atoms with E-state index < -0.39 is 0 Å². The number of pyridine rings is 1. The number of benzene rings is 1. The van der Waals surface area contributed by atoms with Crippen molar-refractivity contribution in [2.24, 2.45) is 0 Å². The molecule has 0 saturated heterocycles. The predicted molar refractivity (Wildman–Crippen MR) is 100 cm³/mol. The van der Waals surface area contributed by atoms with Crippen LogP contribution in [-0.2, 0) is 13.2 Å². The number of hydrogen-bond acceptors (Lipinski definition) is 5. The standard InChI is InChI=1S/C20H20N4O3/c1-14-8-9-18(21-19(14)26-2)23-10-11-24-17(20(23)25)12-15(22-24)13-27-16-6-4-3-5-7-16/h3-9,12H,10-11,13H2,1-2H3.